The van der Waals surface area contributed by atoms with E-state index in [1.54, 1.807) is 7.11 Å². The molecule has 24 heavy (non-hydrogen) atoms. The van der Waals surface area contributed by atoms with Crippen molar-refractivity contribution in [1.82, 2.24) is 20.0 Å². The van der Waals surface area contributed by atoms with Crippen LogP contribution in [0.5, 0.6) is 0 Å². The summed E-state index contributed by atoms with van der Waals surface area (Å²) in [6, 6.07) is 0.208. The van der Waals surface area contributed by atoms with Crippen LogP contribution in [-0.4, -0.2) is 92.8 Å². The van der Waals surface area contributed by atoms with Gasteiger partial charge in [-0.3, -0.25) is 0 Å². The number of likely N-dealkylation sites (N-methyl/N-ethyl adjacent to an activating group) is 1. The van der Waals surface area contributed by atoms with Crippen molar-refractivity contribution in [3.8, 4) is 0 Å². The van der Waals surface area contributed by atoms with Crippen LogP contribution in [0.1, 0.15) is 33.6 Å². The molecule has 2 atom stereocenters. The Balaban J connectivity index is 1.68. The summed E-state index contributed by atoms with van der Waals surface area (Å²) in [6.07, 6.45) is 1.90. The number of hydrogen-bond acceptors (Lipinski definition) is 4. The van der Waals surface area contributed by atoms with Crippen LogP contribution in [0.15, 0.2) is 0 Å². The summed E-state index contributed by atoms with van der Waals surface area (Å²) in [7, 11) is 5.82. The monoisotopic (exact) mass is 340 g/mol. The number of hydrogen-bond donors (Lipinski definition) is 1. The first-order chi connectivity index (χ1) is 11.2. The second-order valence-corrected chi connectivity index (χ2v) is 8.28. The average Bonchev–Trinajstić information content (AvgIpc) is 2.55. The molecule has 2 amide bonds. The van der Waals surface area contributed by atoms with E-state index >= 15 is 0 Å². The summed E-state index contributed by atoms with van der Waals surface area (Å²) < 4.78 is 5.63. The highest BCUT2D eigenvalue weighted by molar-refractivity contribution is 5.74. The largest absolute Gasteiger partial charge is 0.378 e. The minimum absolute atomic E-state index is 0.0320. The Kier molecular flexibility index (Phi) is 6.15. The molecule has 1 saturated heterocycles. The van der Waals surface area contributed by atoms with Crippen molar-refractivity contribution in [3.05, 3.63) is 0 Å². The number of carbonyl (C=O) groups is 1. The van der Waals surface area contributed by atoms with E-state index < -0.39 is 0 Å². The molecule has 0 bridgehead atoms. The highest BCUT2D eigenvalue weighted by Crippen LogP contribution is 2.51. The molecule has 0 aromatic carbocycles. The van der Waals surface area contributed by atoms with Crippen LogP contribution in [0.4, 0.5) is 4.79 Å². The minimum atomic E-state index is -0.148. The molecular weight excluding hydrogens is 304 g/mol. The van der Waals surface area contributed by atoms with Crippen molar-refractivity contribution in [2.45, 2.75) is 45.3 Å². The molecule has 2 aliphatic rings. The third-order valence-electron chi connectivity index (χ3n) is 6.49. The molecule has 0 spiro atoms. The van der Waals surface area contributed by atoms with E-state index in [-0.39, 0.29) is 23.1 Å². The van der Waals surface area contributed by atoms with E-state index in [0.29, 0.717) is 0 Å². The zero-order valence-electron chi connectivity index (χ0n) is 16.4. The second-order valence-electron chi connectivity index (χ2n) is 8.28. The van der Waals surface area contributed by atoms with Crippen LogP contribution in [0.25, 0.3) is 0 Å². The quantitative estimate of drug-likeness (QED) is 0.795. The molecule has 1 heterocycles. The van der Waals surface area contributed by atoms with Gasteiger partial charge in [-0.1, -0.05) is 13.8 Å². The van der Waals surface area contributed by atoms with E-state index in [2.05, 4.69) is 42.9 Å². The Morgan fingerprint density at radius 2 is 1.88 bits per heavy atom. The summed E-state index contributed by atoms with van der Waals surface area (Å²) in [6.45, 7) is 12.9. The number of amides is 2. The highest BCUT2D eigenvalue weighted by atomic mass is 16.5. The lowest BCUT2D eigenvalue weighted by Gasteiger charge is -2.59. The molecule has 0 aromatic rings. The van der Waals surface area contributed by atoms with Gasteiger partial charge >= 0.3 is 6.03 Å². The van der Waals surface area contributed by atoms with Gasteiger partial charge in [0, 0.05) is 58.3 Å². The fourth-order valence-corrected chi connectivity index (χ4v) is 3.69. The molecular formula is C18H36N4O2. The lowest BCUT2D eigenvalue weighted by Crippen LogP contribution is -2.69. The normalized spacial score (nSPS) is 30.7. The van der Waals surface area contributed by atoms with Crippen LogP contribution in [0.3, 0.4) is 0 Å². The molecule has 1 aliphatic heterocycles. The number of ether oxygens (including phenoxy) is 1. The van der Waals surface area contributed by atoms with Crippen molar-refractivity contribution >= 4 is 6.03 Å². The van der Waals surface area contributed by atoms with Crippen LogP contribution >= 0.6 is 0 Å². The van der Waals surface area contributed by atoms with Crippen molar-refractivity contribution in [2.24, 2.45) is 5.41 Å². The Morgan fingerprint density at radius 3 is 2.42 bits per heavy atom. The predicted octanol–water partition coefficient (Wildman–Crippen LogP) is 1.47. The predicted molar refractivity (Wildman–Crippen MR) is 97.3 cm³/mol. The van der Waals surface area contributed by atoms with Gasteiger partial charge in [0.2, 0.25) is 0 Å². The number of urea groups is 1. The Morgan fingerprint density at radius 1 is 1.25 bits per heavy atom. The van der Waals surface area contributed by atoms with Crippen LogP contribution < -0.4 is 5.32 Å². The van der Waals surface area contributed by atoms with Gasteiger partial charge in [0.05, 0.1) is 5.60 Å². The zero-order chi connectivity index (χ0) is 18.0. The fourth-order valence-electron chi connectivity index (χ4n) is 3.69. The summed E-state index contributed by atoms with van der Waals surface area (Å²) in [5.41, 5.74) is -0.191. The van der Waals surface area contributed by atoms with Gasteiger partial charge in [-0.2, -0.15) is 0 Å². The van der Waals surface area contributed by atoms with Crippen molar-refractivity contribution < 1.29 is 9.53 Å². The number of carbonyl (C=O) groups excluding carboxylic acids is 1. The molecule has 1 saturated carbocycles. The molecule has 1 N–H and O–H groups in total. The van der Waals surface area contributed by atoms with E-state index in [1.165, 1.54) is 0 Å². The Hall–Kier alpha value is -0.850. The van der Waals surface area contributed by atoms with Gasteiger partial charge in [-0.15, -0.1) is 0 Å². The maximum absolute atomic E-state index is 12.4. The summed E-state index contributed by atoms with van der Waals surface area (Å²) in [5, 5.41) is 3.18. The minimum Gasteiger partial charge on any atom is -0.378 e. The van der Waals surface area contributed by atoms with E-state index in [9.17, 15) is 4.79 Å². The Labute approximate surface area is 147 Å². The number of piperazine rings is 1. The van der Waals surface area contributed by atoms with E-state index in [1.807, 2.05) is 11.9 Å². The van der Waals surface area contributed by atoms with Crippen molar-refractivity contribution in [1.29, 1.82) is 0 Å². The number of nitrogens with zero attached hydrogens (tertiary/aromatic N) is 3. The fraction of sp³-hybridized carbons (Fsp3) is 0.944. The number of nitrogens with one attached hydrogen (secondary N) is 1. The zero-order valence-corrected chi connectivity index (χ0v) is 16.4. The second kappa shape index (κ2) is 7.58. The van der Waals surface area contributed by atoms with Gasteiger partial charge in [0.25, 0.3) is 0 Å². The third-order valence-corrected chi connectivity index (χ3v) is 6.49. The van der Waals surface area contributed by atoms with Crippen molar-refractivity contribution in [3.63, 3.8) is 0 Å². The Bertz CT molecular complexity index is 435. The molecule has 0 radical (unpaired) electrons. The van der Waals surface area contributed by atoms with E-state index in [0.717, 1.165) is 52.1 Å². The molecule has 0 aromatic heterocycles. The highest BCUT2D eigenvalue weighted by Gasteiger charge is 2.58. The molecule has 6 heteroatoms. The smallest absolute Gasteiger partial charge is 0.317 e. The first-order valence-corrected chi connectivity index (χ1v) is 9.17. The summed E-state index contributed by atoms with van der Waals surface area (Å²) in [4.78, 5) is 19.1. The SMILES string of the molecule is COC1(C)CC(NC(=O)N(C)CCCN2CCN(C)CC2)C1(C)C. The molecule has 6 nitrogen and oxygen atoms in total. The van der Waals surface area contributed by atoms with Gasteiger partial charge in [0.15, 0.2) is 0 Å². The topological polar surface area (TPSA) is 48.1 Å². The maximum atomic E-state index is 12.4. The van der Waals surface area contributed by atoms with Crippen molar-refractivity contribution in [2.75, 3.05) is 60.5 Å². The van der Waals surface area contributed by atoms with E-state index in [4.69, 9.17) is 4.74 Å². The third kappa shape index (κ3) is 4.03. The van der Waals surface area contributed by atoms with Gasteiger partial charge in [0.1, 0.15) is 0 Å². The van der Waals surface area contributed by atoms with Gasteiger partial charge < -0.3 is 24.8 Å². The first-order valence-electron chi connectivity index (χ1n) is 9.17. The number of rotatable bonds is 6. The molecule has 2 rings (SSSR count). The van der Waals surface area contributed by atoms with Crippen LogP contribution in [-0.2, 0) is 4.74 Å². The lowest BCUT2D eigenvalue weighted by molar-refractivity contribution is -0.177. The number of methoxy groups -OCH3 is 1. The lowest BCUT2D eigenvalue weighted by atomic mass is 9.56. The molecule has 2 fully saturated rings. The van der Waals surface area contributed by atoms with Crippen LogP contribution in [0.2, 0.25) is 0 Å². The van der Waals surface area contributed by atoms with Gasteiger partial charge in [-0.25, -0.2) is 4.79 Å². The van der Waals surface area contributed by atoms with Crippen LogP contribution in [0, 0.1) is 5.41 Å². The average molecular weight is 341 g/mol. The standard InChI is InChI=1S/C18H36N4O2/c1-17(2)15(14-18(17,3)24-6)19-16(23)21(5)8-7-9-22-12-10-20(4)11-13-22/h15H,7-14H2,1-6H3,(H,19,23). The first kappa shape index (κ1) is 19.5. The molecule has 1 aliphatic carbocycles. The maximum Gasteiger partial charge on any atom is 0.317 e. The summed E-state index contributed by atoms with van der Waals surface area (Å²) in [5.74, 6) is 0. The molecule has 2 unspecified atom stereocenters. The molecule has 140 valence electrons. The summed E-state index contributed by atoms with van der Waals surface area (Å²) >= 11 is 0. The van der Waals surface area contributed by atoms with Gasteiger partial charge in [-0.05, 0) is 33.4 Å².